The SMILES string of the molecule is COc1cc(CC(=O)N[C@@H](C(=O)O)C(C)C)cc(OC)c1OC. The number of hydrogen-bond acceptors (Lipinski definition) is 5. The maximum Gasteiger partial charge on any atom is 0.326 e. The largest absolute Gasteiger partial charge is 0.493 e. The van der Waals surface area contributed by atoms with Gasteiger partial charge in [0.2, 0.25) is 11.7 Å². The van der Waals surface area contributed by atoms with Crippen LogP contribution in [0.5, 0.6) is 17.2 Å². The highest BCUT2D eigenvalue weighted by atomic mass is 16.5. The van der Waals surface area contributed by atoms with Crippen molar-refractivity contribution in [1.82, 2.24) is 5.32 Å². The predicted octanol–water partition coefficient (Wildman–Crippen LogP) is 1.48. The summed E-state index contributed by atoms with van der Waals surface area (Å²) in [4.78, 5) is 23.2. The molecule has 128 valence electrons. The average molecular weight is 325 g/mol. The van der Waals surface area contributed by atoms with Crippen molar-refractivity contribution in [3.8, 4) is 17.2 Å². The highest BCUT2D eigenvalue weighted by Gasteiger charge is 2.24. The van der Waals surface area contributed by atoms with Crippen molar-refractivity contribution in [1.29, 1.82) is 0 Å². The molecule has 0 saturated heterocycles. The lowest BCUT2D eigenvalue weighted by Crippen LogP contribution is -2.44. The minimum absolute atomic E-state index is 0.00716. The second-order valence-corrected chi connectivity index (χ2v) is 5.34. The highest BCUT2D eigenvalue weighted by Crippen LogP contribution is 2.38. The van der Waals surface area contributed by atoms with Crippen molar-refractivity contribution >= 4 is 11.9 Å². The Bertz CT molecular complexity index is 545. The number of carbonyl (C=O) groups is 2. The van der Waals surface area contributed by atoms with Crippen LogP contribution in [0.3, 0.4) is 0 Å². The van der Waals surface area contributed by atoms with Gasteiger partial charge in [0, 0.05) is 0 Å². The Balaban J connectivity index is 2.96. The van der Waals surface area contributed by atoms with Gasteiger partial charge in [0.05, 0.1) is 27.8 Å². The summed E-state index contributed by atoms with van der Waals surface area (Å²) in [7, 11) is 4.47. The summed E-state index contributed by atoms with van der Waals surface area (Å²) in [5.41, 5.74) is 0.630. The van der Waals surface area contributed by atoms with Crippen molar-refractivity contribution in [2.24, 2.45) is 5.92 Å². The fraction of sp³-hybridized carbons (Fsp3) is 0.500. The third-order valence-corrected chi connectivity index (χ3v) is 3.34. The number of methoxy groups -OCH3 is 3. The van der Waals surface area contributed by atoms with E-state index < -0.39 is 12.0 Å². The van der Waals surface area contributed by atoms with Crippen LogP contribution in [0.2, 0.25) is 0 Å². The Morgan fingerprint density at radius 3 is 1.96 bits per heavy atom. The molecule has 7 nitrogen and oxygen atoms in total. The summed E-state index contributed by atoms with van der Waals surface area (Å²) >= 11 is 0. The van der Waals surface area contributed by atoms with E-state index in [4.69, 9.17) is 19.3 Å². The summed E-state index contributed by atoms with van der Waals surface area (Å²) in [6.45, 7) is 3.47. The molecule has 0 unspecified atom stereocenters. The second-order valence-electron chi connectivity index (χ2n) is 5.34. The monoisotopic (exact) mass is 325 g/mol. The molecule has 23 heavy (non-hydrogen) atoms. The summed E-state index contributed by atoms with van der Waals surface area (Å²) in [5.74, 6) is -0.346. The lowest BCUT2D eigenvalue weighted by atomic mass is 10.0. The molecule has 7 heteroatoms. The molecule has 0 bridgehead atoms. The van der Waals surface area contributed by atoms with Crippen LogP contribution in [-0.2, 0) is 16.0 Å². The third kappa shape index (κ3) is 4.77. The molecule has 1 amide bonds. The molecule has 1 aromatic rings. The summed E-state index contributed by atoms with van der Waals surface area (Å²) in [6.07, 6.45) is 0.00716. The Labute approximate surface area is 135 Å². The first-order chi connectivity index (χ1) is 10.8. The van der Waals surface area contributed by atoms with Gasteiger partial charge in [-0.25, -0.2) is 4.79 Å². The Morgan fingerprint density at radius 1 is 1.09 bits per heavy atom. The molecule has 0 aliphatic rings. The van der Waals surface area contributed by atoms with Gasteiger partial charge in [-0.15, -0.1) is 0 Å². The van der Waals surface area contributed by atoms with Gasteiger partial charge in [0.1, 0.15) is 6.04 Å². The topological polar surface area (TPSA) is 94.1 Å². The summed E-state index contributed by atoms with van der Waals surface area (Å²) in [6, 6.07) is 2.39. The fourth-order valence-electron chi connectivity index (χ4n) is 2.16. The van der Waals surface area contributed by atoms with Crippen molar-refractivity contribution in [2.45, 2.75) is 26.3 Å². The average Bonchev–Trinajstić information content (AvgIpc) is 2.50. The van der Waals surface area contributed by atoms with E-state index in [2.05, 4.69) is 5.32 Å². The van der Waals surface area contributed by atoms with Crippen LogP contribution in [0.25, 0.3) is 0 Å². The number of carbonyl (C=O) groups excluding carboxylic acids is 1. The standard InChI is InChI=1S/C16H23NO6/c1-9(2)14(16(19)20)17-13(18)8-10-6-11(21-3)15(23-5)12(7-10)22-4/h6-7,9,14H,8H2,1-5H3,(H,17,18)(H,19,20)/t14-/m1/s1. The van der Waals surface area contributed by atoms with E-state index in [9.17, 15) is 9.59 Å². The van der Waals surface area contributed by atoms with Gasteiger partial charge in [-0.1, -0.05) is 13.8 Å². The Hall–Kier alpha value is -2.44. The van der Waals surface area contributed by atoms with Gasteiger partial charge in [0.25, 0.3) is 0 Å². The van der Waals surface area contributed by atoms with Crippen molar-refractivity contribution < 1.29 is 28.9 Å². The van der Waals surface area contributed by atoms with E-state index in [-0.39, 0.29) is 18.2 Å². The lowest BCUT2D eigenvalue weighted by molar-refractivity contribution is -0.143. The number of carboxylic acids is 1. The number of amides is 1. The number of rotatable bonds is 8. The first kappa shape index (κ1) is 18.6. The second kappa shape index (κ2) is 8.26. The molecular formula is C16H23NO6. The zero-order chi connectivity index (χ0) is 17.6. The minimum atomic E-state index is -1.06. The van der Waals surface area contributed by atoms with Crippen molar-refractivity contribution in [2.75, 3.05) is 21.3 Å². The fourth-order valence-corrected chi connectivity index (χ4v) is 2.16. The van der Waals surface area contributed by atoms with E-state index in [0.717, 1.165) is 0 Å². The van der Waals surface area contributed by atoms with E-state index in [1.165, 1.54) is 21.3 Å². The number of benzene rings is 1. The molecule has 0 aliphatic carbocycles. The number of carboxylic acid groups (broad SMARTS) is 1. The Kier molecular flexibility index (Phi) is 6.68. The van der Waals surface area contributed by atoms with Gasteiger partial charge in [-0.2, -0.15) is 0 Å². The normalized spacial score (nSPS) is 11.7. The van der Waals surface area contributed by atoms with Gasteiger partial charge in [-0.05, 0) is 23.6 Å². The molecule has 1 aromatic carbocycles. The molecule has 0 radical (unpaired) electrons. The van der Waals surface area contributed by atoms with Crippen LogP contribution >= 0.6 is 0 Å². The summed E-state index contributed by atoms with van der Waals surface area (Å²) < 4.78 is 15.7. The molecule has 0 heterocycles. The van der Waals surface area contributed by atoms with Crippen molar-refractivity contribution in [3.05, 3.63) is 17.7 Å². The quantitative estimate of drug-likeness (QED) is 0.752. The summed E-state index contributed by atoms with van der Waals surface area (Å²) in [5, 5.41) is 11.6. The van der Waals surface area contributed by atoms with Gasteiger partial charge in [0.15, 0.2) is 11.5 Å². The Morgan fingerprint density at radius 2 is 1.61 bits per heavy atom. The smallest absolute Gasteiger partial charge is 0.326 e. The van der Waals surface area contributed by atoms with E-state index >= 15 is 0 Å². The number of hydrogen-bond donors (Lipinski definition) is 2. The van der Waals surface area contributed by atoms with Crippen LogP contribution in [0.15, 0.2) is 12.1 Å². The molecule has 0 saturated carbocycles. The zero-order valence-corrected chi connectivity index (χ0v) is 14.0. The molecule has 0 aromatic heterocycles. The van der Waals surface area contributed by atoms with Crippen LogP contribution in [0.1, 0.15) is 19.4 Å². The zero-order valence-electron chi connectivity index (χ0n) is 14.0. The van der Waals surface area contributed by atoms with Crippen LogP contribution in [-0.4, -0.2) is 44.4 Å². The van der Waals surface area contributed by atoms with Gasteiger partial charge < -0.3 is 24.6 Å². The van der Waals surface area contributed by atoms with E-state index in [1.54, 1.807) is 26.0 Å². The number of nitrogens with one attached hydrogen (secondary N) is 1. The molecule has 1 rings (SSSR count). The minimum Gasteiger partial charge on any atom is -0.493 e. The lowest BCUT2D eigenvalue weighted by Gasteiger charge is -2.18. The van der Waals surface area contributed by atoms with Gasteiger partial charge >= 0.3 is 5.97 Å². The molecular weight excluding hydrogens is 302 g/mol. The number of ether oxygens (including phenoxy) is 3. The van der Waals surface area contributed by atoms with E-state index in [1.807, 2.05) is 0 Å². The van der Waals surface area contributed by atoms with Crippen LogP contribution < -0.4 is 19.5 Å². The molecule has 0 fully saturated rings. The molecule has 2 N–H and O–H groups in total. The highest BCUT2D eigenvalue weighted by molar-refractivity contribution is 5.85. The first-order valence-corrected chi connectivity index (χ1v) is 7.15. The van der Waals surface area contributed by atoms with Gasteiger partial charge in [-0.3, -0.25) is 4.79 Å². The van der Waals surface area contributed by atoms with E-state index in [0.29, 0.717) is 22.8 Å². The first-order valence-electron chi connectivity index (χ1n) is 7.15. The van der Waals surface area contributed by atoms with Crippen LogP contribution in [0, 0.1) is 5.92 Å². The van der Waals surface area contributed by atoms with Crippen molar-refractivity contribution in [3.63, 3.8) is 0 Å². The maximum atomic E-state index is 12.1. The van der Waals surface area contributed by atoms with Crippen LogP contribution in [0.4, 0.5) is 0 Å². The molecule has 0 aliphatic heterocycles. The third-order valence-electron chi connectivity index (χ3n) is 3.34. The molecule has 1 atom stereocenters. The molecule has 0 spiro atoms. The predicted molar refractivity (Wildman–Crippen MR) is 84.2 cm³/mol. The maximum absolute atomic E-state index is 12.1. The number of aliphatic carboxylic acids is 1.